The summed E-state index contributed by atoms with van der Waals surface area (Å²) in [5, 5.41) is 0. The lowest BCUT2D eigenvalue weighted by Gasteiger charge is -2.04. The summed E-state index contributed by atoms with van der Waals surface area (Å²) < 4.78 is 25.7. The third-order valence-corrected chi connectivity index (χ3v) is 1.51. The number of halogens is 2. The zero-order valence-electron chi connectivity index (χ0n) is 6.27. The van der Waals surface area contributed by atoms with Gasteiger partial charge in [-0.05, 0) is 6.07 Å². The summed E-state index contributed by atoms with van der Waals surface area (Å²) in [5.41, 5.74) is 7.24. The number of hydrazine groups is 1. The molecule has 1 aromatic rings. The molecule has 0 spiro atoms. The van der Waals surface area contributed by atoms with E-state index in [2.05, 4.69) is 0 Å². The molecule has 66 valence electrons. The maximum atomic E-state index is 12.9. The summed E-state index contributed by atoms with van der Waals surface area (Å²) >= 11 is 0. The van der Waals surface area contributed by atoms with E-state index in [9.17, 15) is 8.78 Å². The average molecular weight is 173 g/mol. The Bertz CT molecular complexity index is 258. The van der Waals surface area contributed by atoms with Crippen molar-refractivity contribution in [3.63, 3.8) is 0 Å². The molecule has 0 unspecified atom stereocenters. The second-order valence-corrected chi connectivity index (χ2v) is 2.27. The van der Waals surface area contributed by atoms with Gasteiger partial charge in [0.25, 0.3) is 0 Å². The van der Waals surface area contributed by atoms with Gasteiger partial charge in [-0.25, -0.2) is 8.78 Å². The Hall–Kier alpha value is -1.20. The summed E-state index contributed by atoms with van der Waals surface area (Å²) in [6.45, 7) is -0.0341. The highest BCUT2D eigenvalue weighted by atomic mass is 19.1. The molecule has 0 aliphatic heterocycles. The third-order valence-electron chi connectivity index (χ3n) is 1.51. The van der Waals surface area contributed by atoms with Crippen LogP contribution in [0.3, 0.4) is 0 Å². The van der Waals surface area contributed by atoms with Gasteiger partial charge in [0.2, 0.25) is 0 Å². The van der Waals surface area contributed by atoms with Crippen molar-refractivity contribution >= 4 is 5.69 Å². The summed E-state index contributed by atoms with van der Waals surface area (Å²) in [7, 11) is 0. The number of anilines is 1. The molecule has 0 saturated carbocycles. The van der Waals surface area contributed by atoms with E-state index in [0.29, 0.717) is 0 Å². The smallest absolute Gasteiger partial charge is 0.148 e. The number of benzene rings is 1. The van der Waals surface area contributed by atoms with Crippen LogP contribution < -0.4 is 17.0 Å². The second kappa shape index (κ2) is 3.46. The van der Waals surface area contributed by atoms with E-state index in [1.165, 1.54) is 0 Å². The van der Waals surface area contributed by atoms with Crippen LogP contribution in [0.5, 0.6) is 0 Å². The first-order chi connectivity index (χ1) is 5.69. The van der Waals surface area contributed by atoms with E-state index in [4.69, 9.17) is 11.6 Å². The predicted octanol–water partition coefficient (Wildman–Crippen LogP) is 0.709. The molecule has 0 bridgehead atoms. The van der Waals surface area contributed by atoms with Crippen molar-refractivity contribution in [2.45, 2.75) is 6.54 Å². The van der Waals surface area contributed by atoms with Crippen LogP contribution in [0, 0.1) is 11.6 Å². The molecular formula is C7H9F2N3. The van der Waals surface area contributed by atoms with E-state index >= 15 is 0 Å². The summed E-state index contributed by atoms with van der Waals surface area (Å²) in [4.78, 5) is 0. The fraction of sp³-hybridized carbons (Fsp3) is 0.143. The molecule has 0 fully saturated rings. The largest absolute Gasteiger partial charge is 0.326 e. The first kappa shape index (κ1) is 8.89. The van der Waals surface area contributed by atoms with Crippen molar-refractivity contribution in [3.8, 4) is 0 Å². The highest BCUT2D eigenvalue weighted by molar-refractivity contribution is 5.45. The Morgan fingerprint density at radius 1 is 1.25 bits per heavy atom. The average Bonchev–Trinajstić information content (AvgIpc) is 2.08. The molecule has 5 heteroatoms. The molecule has 0 radical (unpaired) electrons. The van der Waals surface area contributed by atoms with Crippen LogP contribution in [0.15, 0.2) is 12.1 Å². The van der Waals surface area contributed by atoms with Crippen molar-refractivity contribution in [1.82, 2.24) is 0 Å². The molecule has 12 heavy (non-hydrogen) atoms. The maximum Gasteiger partial charge on any atom is 0.148 e. The Morgan fingerprint density at radius 2 is 1.92 bits per heavy atom. The first-order valence-electron chi connectivity index (χ1n) is 3.33. The Kier molecular flexibility index (Phi) is 2.57. The van der Waals surface area contributed by atoms with Gasteiger partial charge in [-0.1, -0.05) is 0 Å². The number of hydrogen-bond donors (Lipinski definition) is 3. The van der Waals surface area contributed by atoms with E-state index in [1.807, 2.05) is 5.43 Å². The molecule has 0 aromatic heterocycles. The Balaban J connectivity index is 3.16. The van der Waals surface area contributed by atoms with Crippen LogP contribution in [-0.4, -0.2) is 0 Å². The van der Waals surface area contributed by atoms with E-state index in [0.717, 1.165) is 12.1 Å². The quantitative estimate of drug-likeness (QED) is 0.456. The van der Waals surface area contributed by atoms with Crippen LogP contribution in [0.25, 0.3) is 0 Å². The molecule has 0 saturated heterocycles. The van der Waals surface area contributed by atoms with E-state index in [-0.39, 0.29) is 17.8 Å². The van der Waals surface area contributed by atoms with Gasteiger partial charge in [-0.15, -0.1) is 0 Å². The van der Waals surface area contributed by atoms with Gasteiger partial charge >= 0.3 is 0 Å². The molecule has 0 aliphatic rings. The summed E-state index contributed by atoms with van der Waals surface area (Å²) in [5.74, 6) is 3.75. The van der Waals surface area contributed by atoms with Crippen molar-refractivity contribution in [2.75, 3.05) is 5.43 Å². The molecule has 0 amide bonds. The number of nitrogens with two attached hydrogens (primary N) is 2. The van der Waals surface area contributed by atoms with E-state index < -0.39 is 11.6 Å². The van der Waals surface area contributed by atoms with Gasteiger partial charge in [0, 0.05) is 18.2 Å². The maximum absolute atomic E-state index is 12.9. The van der Waals surface area contributed by atoms with Gasteiger partial charge in [0.1, 0.15) is 11.6 Å². The van der Waals surface area contributed by atoms with Crippen LogP contribution >= 0.6 is 0 Å². The monoisotopic (exact) mass is 173 g/mol. The Labute approximate surface area is 68.3 Å². The van der Waals surface area contributed by atoms with E-state index in [1.54, 1.807) is 0 Å². The van der Waals surface area contributed by atoms with Crippen molar-refractivity contribution < 1.29 is 8.78 Å². The second-order valence-electron chi connectivity index (χ2n) is 2.27. The Morgan fingerprint density at radius 3 is 2.42 bits per heavy atom. The van der Waals surface area contributed by atoms with Crippen LogP contribution in [0.1, 0.15) is 5.56 Å². The van der Waals surface area contributed by atoms with Gasteiger partial charge in [0.15, 0.2) is 0 Å². The molecule has 0 aliphatic carbocycles. The van der Waals surface area contributed by atoms with Gasteiger partial charge < -0.3 is 11.2 Å². The lowest BCUT2D eigenvalue weighted by molar-refractivity contribution is 0.588. The SMILES string of the molecule is NCc1cc(F)c(NN)cc1F. The summed E-state index contributed by atoms with van der Waals surface area (Å²) in [6.07, 6.45) is 0. The molecule has 1 rings (SSSR count). The van der Waals surface area contributed by atoms with Crippen LogP contribution in [-0.2, 0) is 6.54 Å². The third kappa shape index (κ3) is 1.51. The van der Waals surface area contributed by atoms with Crippen LogP contribution in [0.2, 0.25) is 0 Å². The number of rotatable bonds is 2. The molecule has 1 aromatic carbocycles. The number of nitrogen functional groups attached to an aromatic ring is 1. The fourth-order valence-corrected chi connectivity index (χ4v) is 0.855. The van der Waals surface area contributed by atoms with Gasteiger partial charge in [0.05, 0.1) is 5.69 Å². The van der Waals surface area contributed by atoms with Crippen molar-refractivity contribution in [1.29, 1.82) is 0 Å². The molecule has 5 N–H and O–H groups in total. The normalized spacial score (nSPS) is 10.0. The van der Waals surface area contributed by atoms with Crippen molar-refractivity contribution in [2.24, 2.45) is 11.6 Å². The molecule has 3 nitrogen and oxygen atoms in total. The predicted molar refractivity (Wildman–Crippen MR) is 42.1 cm³/mol. The van der Waals surface area contributed by atoms with Crippen LogP contribution in [0.4, 0.5) is 14.5 Å². The molecule has 0 heterocycles. The minimum Gasteiger partial charge on any atom is -0.326 e. The van der Waals surface area contributed by atoms with Crippen molar-refractivity contribution in [3.05, 3.63) is 29.3 Å². The zero-order valence-corrected chi connectivity index (χ0v) is 6.27. The summed E-state index contributed by atoms with van der Waals surface area (Å²) in [6, 6.07) is 1.99. The topological polar surface area (TPSA) is 64.1 Å². The number of hydrogen-bond acceptors (Lipinski definition) is 3. The standard InChI is InChI=1S/C7H9F2N3/c8-5-2-7(12-11)6(9)1-4(5)3-10/h1-2,12H,3,10-11H2. The minimum atomic E-state index is -0.612. The first-order valence-corrected chi connectivity index (χ1v) is 3.33. The lowest BCUT2D eigenvalue weighted by Crippen LogP contribution is -2.10. The zero-order chi connectivity index (χ0) is 9.14. The molecular weight excluding hydrogens is 164 g/mol. The lowest BCUT2D eigenvalue weighted by atomic mass is 10.2. The van der Waals surface area contributed by atoms with Gasteiger partial charge in [-0.2, -0.15) is 0 Å². The minimum absolute atomic E-state index is 0.0341. The number of nitrogens with one attached hydrogen (secondary N) is 1. The fourth-order valence-electron chi connectivity index (χ4n) is 0.855. The van der Waals surface area contributed by atoms with Gasteiger partial charge in [-0.3, -0.25) is 5.84 Å². The molecule has 0 atom stereocenters. The highest BCUT2D eigenvalue weighted by Gasteiger charge is 2.07. The highest BCUT2D eigenvalue weighted by Crippen LogP contribution is 2.17.